The van der Waals surface area contributed by atoms with Crippen LogP contribution in [0.3, 0.4) is 0 Å². The summed E-state index contributed by atoms with van der Waals surface area (Å²) >= 11 is 6.09. The summed E-state index contributed by atoms with van der Waals surface area (Å²) in [4.78, 5) is 25.0. The molecule has 2 rings (SSSR count). The number of carboxylic acids is 1. The number of halogens is 1. The molecule has 1 N–H and O–H groups in total. The molecular formula is C12H16ClN3O3. The lowest BCUT2D eigenvalue weighted by Crippen LogP contribution is -2.38. The molecule has 1 fully saturated rings. The molecule has 0 saturated carbocycles. The van der Waals surface area contributed by atoms with E-state index in [-0.39, 0.29) is 17.6 Å². The molecule has 1 amide bonds. The zero-order valence-electron chi connectivity index (χ0n) is 11.1. The summed E-state index contributed by atoms with van der Waals surface area (Å²) in [6.45, 7) is 3.94. The fourth-order valence-corrected chi connectivity index (χ4v) is 2.65. The topological polar surface area (TPSA) is 75.4 Å². The van der Waals surface area contributed by atoms with Crippen LogP contribution in [-0.4, -0.2) is 44.3 Å². The molecule has 0 spiro atoms. The van der Waals surface area contributed by atoms with Gasteiger partial charge in [0, 0.05) is 19.6 Å². The standard InChI is InChI=1S/C12H16ClN3O3/c1-6-8(12(18)19)4-5-16(6)11(17)10-9(13)7(2)15(3)14-10/h6,8H,4-5H2,1-3H3,(H,18,19). The smallest absolute Gasteiger partial charge is 0.308 e. The van der Waals surface area contributed by atoms with Crippen LogP contribution in [0.2, 0.25) is 5.02 Å². The van der Waals surface area contributed by atoms with Gasteiger partial charge in [0.1, 0.15) is 0 Å². The predicted molar refractivity (Wildman–Crippen MR) is 69.2 cm³/mol. The van der Waals surface area contributed by atoms with E-state index < -0.39 is 11.9 Å². The summed E-state index contributed by atoms with van der Waals surface area (Å²) in [6.07, 6.45) is 0.464. The van der Waals surface area contributed by atoms with E-state index in [4.69, 9.17) is 16.7 Å². The van der Waals surface area contributed by atoms with Crippen LogP contribution in [0, 0.1) is 12.8 Å². The largest absolute Gasteiger partial charge is 0.481 e. The highest BCUT2D eigenvalue weighted by atomic mass is 35.5. The number of rotatable bonds is 2. The maximum Gasteiger partial charge on any atom is 0.308 e. The first-order chi connectivity index (χ1) is 8.84. The highest BCUT2D eigenvalue weighted by molar-refractivity contribution is 6.34. The number of aromatic nitrogens is 2. The van der Waals surface area contributed by atoms with E-state index in [9.17, 15) is 9.59 Å². The molecule has 0 radical (unpaired) electrons. The minimum absolute atomic E-state index is 0.194. The van der Waals surface area contributed by atoms with E-state index in [1.54, 1.807) is 25.6 Å². The second-order valence-electron chi connectivity index (χ2n) is 4.84. The third-order valence-electron chi connectivity index (χ3n) is 3.80. The van der Waals surface area contributed by atoms with Crippen molar-refractivity contribution in [2.75, 3.05) is 6.54 Å². The molecule has 2 unspecified atom stereocenters. The summed E-state index contributed by atoms with van der Waals surface area (Å²) in [7, 11) is 1.71. The number of hydrogen-bond acceptors (Lipinski definition) is 3. The molecule has 2 heterocycles. The Kier molecular flexibility index (Phi) is 3.54. The molecule has 2 atom stereocenters. The van der Waals surface area contributed by atoms with Gasteiger partial charge in [-0.1, -0.05) is 11.6 Å². The SMILES string of the molecule is Cc1c(Cl)c(C(=O)N2CCC(C(=O)O)C2C)nn1C. The van der Waals surface area contributed by atoms with E-state index >= 15 is 0 Å². The zero-order valence-corrected chi connectivity index (χ0v) is 11.8. The predicted octanol–water partition coefficient (Wildman–Crippen LogP) is 1.32. The van der Waals surface area contributed by atoms with Crippen molar-refractivity contribution in [1.29, 1.82) is 0 Å². The molecule has 1 saturated heterocycles. The summed E-state index contributed by atoms with van der Waals surface area (Å²) in [6, 6.07) is -0.344. The van der Waals surface area contributed by atoms with Crippen LogP contribution in [0.15, 0.2) is 0 Å². The molecular weight excluding hydrogens is 270 g/mol. The fourth-order valence-electron chi connectivity index (χ4n) is 2.41. The Morgan fingerprint density at radius 1 is 1.47 bits per heavy atom. The number of aryl methyl sites for hydroxylation is 1. The van der Waals surface area contributed by atoms with Gasteiger partial charge in [-0.25, -0.2) is 0 Å². The van der Waals surface area contributed by atoms with Gasteiger partial charge in [0.05, 0.1) is 16.6 Å². The Balaban J connectivity index is 2.26. The van der Waals surface area contributed by atoms with Crippen molar-refractivity contribution in [2.24, 2.45) is 13.0 Å². The first-order valence-electron chi connectivity index (χ1n) is 6.07. The van der Waals surface area contributed by atoms with E-state index in [0.29, 0.717) is 23.7 Å². The van der Waals surface area contributed by atoms with Crippen molar-refractivity contribution in [3.8, 4) is 0 Å². The van der Waals surface area contributed by atoms with Crippen LogP contribution in [0.1, 0.15) is 29.5 Å². The van der Waals surface area contributed by atoms with Crippen LogP contribution in [0.5, 0.6) is 0 Å². The molecule has 1 aromatic heterocycles. The highest BCUT2D eigenvalue weighted by Gasteiger charge is 2.39. The van der Waals surface area contributed by atoms with E-state index in [1.165, 1.54) is 4.90 Å². The third-order valence-corrected chi connectivity index (χ3v) is 4.25. The second-order valence-corrected chi connectivity index (χ2v) is 5.22. The molecule has 104 valence electrons. The normalized spacial score (nSPS) is 22.8. The van der Waals surface area contributed by atoms with Crippen LogP contribution in [0.25, 0.3) is 0 Å². The molecule has 7 heteroatoms. The first-order valence-corrected chi connectivity index (χ1v) is 6.45. The van der Waals surface area contributed by atoms with Gasteiger partial charge in [0.15, 0.2) is 5.69 Å². The first kappa shape index (κ1) is 13.9. The van der Waals surface area contributed by atoms with Crippen LogP contribution < -0.4 is 0 Å². The minimum Gasteiger partial charge on any atom is -0.481 e. The van der Waals surface area contributed by atoms with Gasteiger partial charge in [0.2, 0.25) is 0 Å². The summed E-state index contributed by atoms with van der Waals surface area (Å²) in [5, 5.41) is 13.5. The van der Waals surface area contributed by atoms with Gasteiger partial charge in [-0.05, 0) is 20.3 Å². The maximum atomic E-state index is 12.4. The summed E-state index contributed by atoms with van der Waals surface area (Å²) in [5.74, 6) is -1.69. The Bertz CT molecular complexity index is 541. The van der Waals surface area contributed by atoms with Crippen LogP contribution in [-0.2, 0) is 11.8 Å². The molecule has 6 nitrogen and oxygen atoms in total. The molecule has 19 heavy (non-hydrogen) atoms. The fraction of sp³-hybridized carbons (Fsp3) is 0.583. The van der Waals surface area contributed by atoms with Crippen LogP contribution >= 0.6 is 11.6 Å². The van der Waals surface area contributed by atoms with E-state index in [1.807, 2.05) is 0 Å². The maximum absolute atomic E-state index is 12.4. The van der Waals surface area contributed by atoms with Gasteiger partial charge in [-0.15, -0.1) is 0 Å². The Morgan fingerprint density at radius 2 is 2.11 bits per heavy atom. The highest BCUT2D eigenvalue weighted by Crippen LogP contribution is 2.28. The van der Waals surface area contributed by atoms with Crippen molar-refractivity contribution in [1.82, 2.24) is 14.7 Å². The number of carboxylic acid groups (broad SMARTS) is 1. The summed E-state index contributed by atoms with van der Waals surface area (Å²) < 4.78 is 1.55. The van der Waals surface area contributed by atoms with E-state index in [2.05, 4.69) is 5.10 Å². The molecule has 1 aromatic rings. The van der Waals surface area contributed by atoms with Crippen molar-refractivity contribution < 1.29 is 14.7 Å². The lowest BCUT2D eigenvalue weighted by Gasteiger charge is -2.22. The molecule has 0 aromatic carbocycles. The number of aliphatic carboxylic acids is 1. The van der Waals surface area contributed by atoms with Gasteiger partial charge in [-0.3, -0.25) is 14.3 Å². The molecule has 1 aliphatic heterocycles. The Morgan fingerprint density at radius 3 is 2.53 bits per heavy atom. The average Bonchev–Trinajstić information content (AvgIpc) is 2.85. The number of carbonyl (C=O) groups is 2. The second kappa shape index (κ2) is 4.85. The number of amides is 1. The van der Waals surface area contributed by atoms with Gasteiger partial charge in [0.25, 0.3) is 5.91 Å². The minimum atomic E-state index is -0.869. The quantitative estimate of drug-likeness (QED) is 0.889. The van der Waals surface area contributed by atoms with Crippen molar-refractivity contribution in [3.05, 3.63) is 16.4 Å². The summed E-state index contributed by atoms with van der Waals surface area (Å²) in [5.41, 5.74) is 0.909. The monoisotopic (exact) mass is 285 g/mol. The third kappa shape index (κ3) is 2.20. The number of likely N-dealkylation sites (tertiary alicyclic amines) is 1. The van der Waals surface area contributed by atoms with Gasteiger partial charge in [-0.2, -0.15) is 5.10 Å². The number of nitrogens with zero attached hydrogens (tertiary/aromatic N) is 3. The molecule has 0 bridgehead atoms. The molecule has 1 aliphatic rings. The van der Waals surface area contributed by atoms with Crippen molar-refractivity contribution in [2.45, 2.75) is 26.3 Å². The number of carbonyl (C=O) groups excluding carboxylic acids is 1. The molecule has 0 aliphatic carbocycles. The Labute approximate surface area is 115 Å². The average molecular weight is 286 g/mol. The lowest BCUT2D eigenvalue weighted by molar-refractivity contribution is -0.142. The number of hydrogen-bond donors (Lipinski definition) is 1. The van der Waals surface area contributed by atoms with Crippen molar-refractivity contribution >= 4 is 23.5 Å². The van der Waals surface area contributed by atoms with Gasteiger partial charge >= 0.3 is 5.97 Å². The van der Waals surface area contributed by atoms with Crippen molar-refractivity contribution in [3.63, 3.8) is 0 Å². The van der Waals surface area contributed by atoms with E-state index in [0.717, 1.165) is 0 Å². The van der Waals surface area contributed by atoms with Gasteiger partial charge < -0.3 is 10.0 Å². The zero-order chi connectivity index (χ0) is 14.3. The Hall–Kier alpha value is -1.56. The van der Waals surface area contributed by atoms with Crippen LogP contribution in [0.4, 0.5) is 0 Å². The lowest BCUT2D eigenvalue weighted by atomic mass is 10.0.